The minimum atomic E-state index is -0.556. The highest BCUT2D eigenvalue weighted by Gasteiger charge is 2.17. The van der Waals surface area contributed by atoms with Crippen LogP contribution in [0, 0.1) is 5.82 Å². The van der Waals surface area contributed by atoms with E-state index in [0.29, 0.717) is 10.6 Å². The van der Waals surface area contributed by atoms with E-state index >= 15 is 0 Å². The highest BCUT2D eigenvalue weighted by molar-refractivity contribution is 9.10. The minimum absolute atomic E-state index is 0.120. The lowest BCUT2D eigenvalue weighted by Crippen LogP contribution is -2.34. The van der Waals surface area contributed by atoms with E-state index in [4.69, 9.17) is 17.3 Å². The number of hydrogen-bond donors (Lipinski definition) is 2. The predicted molar refractivity (Wildman–Crippen MR) is 89.2 cm³/mol. The first kappa shape index (κ1) is 16.9. The zero-order valence-electron chi connectivity index (χ0n) is 11.7. The summed E-state index contributed by atoms with van der Waals surface area (Å²) in [5, 5.41) is 3.34. The first-order chi connectivity index (χ1) is 10.5. The van der Waals surface area contributed by atoms with Gasteiger partial charge in [-0.1, -0.05) is 51.8 Å². The second-order valence-corrected chi connectivity index (χ2v) is 6.08. The van der Waals surface area contributed by atoms with Crippen LogP contribution in [-0.4, -0.2) is 12.5 Å². The first-order valence-electron chi connectivity index (χ1n) is 6.69. The number of nitrogens with two attached hydrogens (primary N) is 1. The lowest BCUT2D eigenvalue weighted by molar-refractivity contribution is -0.121. The molecule has 1 unspecified atom stereocenters. The summed E-state index contributed by atoms with van der Waals surface area (Å²) in [6.07, 6.45) is 0.155. The van der Waals surface area contributed by atoms with Gasteiger partial charge < -0.3 is 11.1 Å². The molecule has 0 fully saturated rings. The van der Waals surface area contributed by atoms with Gasteiger partial charge in [-0.25, -0.2) is 4.39 Å². The van der Waals surface area contributed by atoms with Crippen LogP contribution in [0.5, 0.6) is 0 Å². The Morgan fingerprint density at radius 3 is 2.68 bits per heavy atom. The van der Waals surface area contributed by atoms with Crippen LogP contribution in [0.15, 0.2) is 46.9 Å². The van der Waals surface area contributed by atoms with Gasteiger partial charge in [0.05, 0.1) is 12.5 Å². The molecule has 0 heterocycles. The molecule has 0 saturated heterocycles. The minimum Gasteiger partial charge on any atom is -0.348 e. The highest BCUT2D eigenvalue weighted by atomic mass is 79.9. The van der Waals surface area contributed by atoms with E-state index in [0.717, 1.165) is 10.0 Å². The van der Waals surface area contributed by atoms with Crippen molar-refractivity contribution in [1.82, 2.24) is 5.32 Å². The van der Waals surface area contributed by atoms with Crippen LogP contribution in [0.2, 0.25) is 5.02 Å². The Morgan fingerprint density at radius 2 is 2.05 bits per heavy atom. The highest BCUT2D eigenvalue weighted by Crippen LogP contribution is 2.22. The number of halogens is 3. The van der Waals surface area contributed by atoms with E-state index in [2.05, 4.69) is 21.2 Å². The van der Waals surface area contributed by atoms with Gasteiger partial charge in [0.25, 0.3) is 0 Å². The predicted octanol–water partition coefficient (Wildman–Crippen LogP) is 3.60. The van der Waals surface area contributed by atoms with Crippen LogP contribution in [0.25, 0.3) is 0 Å². The molecular formula is C16H15BrClFN2O. The number of rotatable bonds is 5. The van der Waals surface area contributed by atoms with Crippen LogP contribution in [0.4, 0.5) is 4.39 Å². The molecule has 2 aromatic carbocycles. The lowest BCUT2D eigenvalue weighted by Gasteiger charge is -2.18. The van der Waals surface area contributed by atoms with Gasteiger partial charge in [-0.05, 0) is 23.8 Å². The molecule has 0 aliphatic heterocycles. The SMILES string of the molecule is NCC(NC(=O)Cc1ccc(Cl)cc1Br)c1ccccc1F. The molecule has 3 nitrogen and oxygen atoms in total. The Bertz CT molecular complexity index is 681. The van der Waals surface area contributed by atoms with Crippen molar-refractivity contribution in [2.45, 2.75) is 12.5 Å². The molecule has 1 atom stereocenters. The zero-order valence-corrected chi connectivity index (χ0v) is 14.0. The molecule has 0 bridgehead atoms. The third-order valence-corrected chi connectivity index (χ3v) is 4.19. The normalized spacial score (nSPS) is 12.0. The van der Waals surface area contributed by atoms with Crippen molar-refractivity contribution in [2.24, 2.45) is 5.73 Å². The molecule has 6 heteroatoms. The molecule has 0 aliphatic carbocycles. The van der Waals surface area contributed by atoms with E-state index in [-0.39, 0.29) is 24.7 Å². The molecule has 2 rings (SSSR count). The van der Waals surface area contributed by atoms with E-state index in [1.54, 1.807) is 36.4 Å². The average molecular weight is 386 g/mol. The first-order valence-corrected chi connectivity index (χ1v) is 7.86. The zero-order chi connectivity index (χ0) is 16.1. The van der Waals surface area contributed by atoms with E-state index < -0.39 is 6.04 Å². The number of benzene rings is 2. The maximum Gasteiger partial charge on any atom is 0.224 e. The summed E-state index contributed by atoms with van der Waals surface area (Å²) in [7, 11) is 0. The molecule has 0 aliphatic rings. The maximum atomic E-state index is 13.8. The average Bonchev–Trinajstić information content (AvgIpc) is 2.48. The van der Waals surface area contributed by atoms with Gasteiger partial charge in [0, 0.05) is 21.6 Å². The maximum absolute atomic E-state index is 13.8. The van der Waals surface area contributed by atoms with Crippen LogP contribution in [0.3, 0.4) is 0 Å². The number of amides is 1. The Hall–Kier alpha value is -1.43. The number of hydrogen-bond acceptors (Lipinski definition) is 2. The summed E-state index contributed by atoms with van der Waals surface area (Å²) in [6.45, 7) is 0.120. The summed E-state index contributed by atoms with van der Waals surface area (Å²) in [6, 6.07) is 10.9. The number of nitrogens with one attached hydrogen (secondary N) is 1. The summed E-state index contributed by atoms with van der Waals surface area (Å²) >= 11 is 9.24. The standard InChI is InChI=1S/C16H15BrClFN2O/c17-13-8-11(18)6-5-10(13)7-16(22)21-15(9-20)12-3-1-2-4-14(12)19/h1-6,8,15H,7,9,20H2,(H,21,22). The smallest absolute Gasteiger partial charge is 0.224 e. The summed E-state index contributed by atoms with van der Waals surface area (Å²) < 4.78 is 14.5. The molecule has 0 radical (unpaired) electrons. The Balaban J connectivity index is 2.08. The monoisotopic (exact) mass is 384 g/mol. The van der Waals surface area contributed by atoms with Crippen LogP contribution in [-0.2, 0) is 11.2 Å². The molecule has 116 valence electrons. The fourth-order valence-electron chi connectivity index (χ4n) is 2.10. The topological polar surface area (TPSA) is 55.1 Å². The fourth-order valence-corrected chi connectivity index (χ4v) is 2.93. The molecule has 3 N–H and O–H groups in total. The second kappa shape index (κ2) is 7.72. The van der Waals surface area contributed by atoms with Gasteiger partial charge in [-0.2, -0.15) is 0 Å². The van der Waals surface area contributed by atoms with Gasteiger partial charge in [-0.3, -0.25) is 4.79 Å². The van der Waals surface area contributed by atoms with E-state index in [1.807, 2.05) is 0 Å². The molecule has 2 aromatic rings. The van der Waals surface area contributed by atoms with Crippen molar-refractivity contribution in [3.8, 4) is 0 Å². The molecular weight excluding hydrogens is 371 g/mol. The molecule has 0 saturated carbocycles. The Kier molecular flexibility index (Phi) is 5.94. The summed E-state index contributed by atoms with van der Waals surface area (Å²) in [5.74, 6) is -0.618. The van der Waals surface area contributed by atoms with Crippen molar-refractivity contribution in [2.75, 3.05) is 6.54 Å². The van der Waals surface area contributed by atoms with Crippen molar-refractivity contribution in [1.29, 1.82) is 0 Å². The van der Waals surface area contributed by atoms with Crippen molar-refractivity contribution < 1.29 is 9.18 Å². The quantitative estimate of drug-likeness (QED) is 0.826. The largest absolute Gasteiger partial charge is 0.348 e. The third-order valence-electron chi connectivity index (χ3n) is 3.22. The number of carbonyl (C=O) groups is 1. The molecule has 0 aromatic heterocycles. The summed E-state index contributed by atoms with van der Waals surface area (Å²) in [5.41, 5.74) is 6.84. The third kappa shape index (κ3) is 4.29. The number of carbonyl (C=O) groups excluding carboxylic acids is 1. The van der Waals surface area contributed by atoms with Gasteiger partial charge in [0.2, 0.25) is 5.91 Å². The van der Waals surface area contributed by atoms with Crippen LogP contribution in [0.1, 0.15) is 17.2 Å². The molecule has 0 spiro atoms. The lowest BCUT2D eigenvalue weighted by atomic mass is 10.1. The van der Waals surface area contributed by atoms with Gasteiger partial charge in [-0.15, -0.1) is 0 Å². The van der Waals surface area contributed by atoms with Crippen molar-refractivity contribution in [3.05, 3.63) is 68.9 Å². The van der Waals surface area contributed by atoms with E-state index in [1.165, 1.54) is 6.07 Å². The molecule has 1 amide bonds. The van der Waals surface area contributed by atoms with Gasteiger partial charge in [0.1, 0.15) is 5.82 Å². The van der Waals surface area contributed by atoms with Crippen molar-refractivity contribution >= 4 is 33.4 Å². The molecule has 22 heavy (non-hydrogen) atoms. The Labute approximate surface area is 141 Å². The van der Waals surface area contributed by atoms with Crippen molar-refractivity contribution in [3.63, 3.8) is 0 Å². The van der Waals surface area contributed by atoms with Gasteiger partial charge in [0.15, 0.2) is 0 Å². The van der Waals surface area contributed by atoms with Crippen LogP contribution < -0.4 is 11.1 Å². The fraction of sp³-hybridized carbons (Fsp3) is 0.188. The van der Waals surface area contributed by atoms with Crippen LogP contribution >= 0.6 is 27.5 Å². The Morgan fingerprint density at radius 1 is 1.32 bits per heavy atom. The van der Waals surface area contributed by atoms with Gasteiger partial charge >= 0.3 is 0 Å². The summed E-state index contributed by atoms with van der Waals surface area (Å²) in [4.78, 5) is 12.2. The second-order valence-electron chi connectivity index (χ2n) is 4.79. The van der Waals surface area contributed by atoms with E-state index in [9.17, 15) is 9.18 Å².